The molecule has 0 bridgehead atoms. The second-order valence-electron chi connectivity index (χ2n) is 3.73. The second-order valence-corrected chi connectivity index (χ2v) is 3.73. The van der Waals surface area contributed by atoms with Crippen LogP contribution in [0, 0.1) is 12.3 Å². The number of carbonyl (C=O) groups is 1. The van der Waals surface area contributed by atoms with E-state index < -0.39 is 0 Å². The van der Waals surface area contributed by atoms with Gasteiger partial charge < -0.3 is 0 Å². The van der Waals surface area contributed by atoms with Gasteiger partial charge in [0.2, 0.25) is 0 Å². The van der Waals surface area contributed by atoms with Crippen molar-refractivity contribution in [1.29, 1.82) is 0 Å². The lowest BCUT2D eigenvalue weighted by atomic mass is 9.99. The minimum atomic E-state index is -0.194. The topological polar surface area (TPSA) is 20.3 Å². The fourth-order valence-electron chi connectivity index (χ4n) is 1.41. The molecule has 0 aromatic heterocycles. The molecule has 1 aliphatic rings. The zero-order valence-corrected chi connectivity index (χ0v) is 7.76. The van der Waals surface area contributed by atoms with Crippen LogP contribution in [0.4, 0.5) is 0 Å². The van der Waals surface area contributed by atoms with E-state index in [9.17, 15) is 4.79 Å². The number of likely N-dealkylation sites (tertiary alicyclic amines) is 1. The largest absolute Gasteiger partial charge is 0.300 e. The highest BCUT2D eigenvalue weighted by atomic mass is 16.1. The van der Waals surface area contributed by atoms with Crippen molar-refractivity contribution in [3.63, 3.8) is 0 Å². The predicted octanol–water partition coefficient (Wildman–Crippen LogP) is 1.06. The number of terminal acetylenes is 1. The van der Waals surface area contributed by atoms with Gasteiger partial charge in [0, 0.05) is 25.9 Å². The van der Waals surface area contributed by atoms with Crippen molar-refractivity contribution in [3.05, 3.63) is 0 Å². The first-order chi connectivity index (χ1) is 5.56. The molecule has 2 nitrogen and oxygen atoms in total. The van der Waals surface area contributed by atoms with Gasteiger partial charge in [0.1, 0.15) is 5.78 Å². The summed E-state index contributed by atoms with van der Waals surface area (Å²) in [4.78, 5) is 13.1. The van der Waals surface area contributed by atoms with Crippen molar-refractivity contribution in [1.82, 2.24) is 4.90 Å². The summed E-state index contributed by atoms with van der Waals surface area (Å²) >= 11 is 0. The molecule has 12 heavy (non-hydrogen) atoms. The summed E-state index contributed by atoms with van der Waals surface area (Å²) in [5, 5.41) is 0. The van der Waals surface area contributed by atoms with Gasteiger partial charge in [-0.2, -0.15) is 0 Å². The molecule has 0 aromatic rings. The molecule has 66 valence electrons. The molecule has 0 radical (unpaired) electrons. The van der Waals surface area contributed by atoms with E-state index in [0.717, 1.165) is 13.1 Å². The Morgan fingerprint density at radius 3 is 2.33 bits per heavy atom. The van der Waals surface area contributed by atoms with E-state index in [4.69, 9.17) is 6.42 Å². The summed E-state index contributed by atoms with van der Waals surface area (Å²) in [6.45, 7) is 5.66. The minimum absolute atomic E-state index is 0.194. The number of hydrogen-bond acceptors (Lipinski definition) is 2. The van der Waals surface area contributed by atoms with Crippen molar-refractivity contribution >= 4 is 5.78 Å². The summed E-state index contributed by atoms with van der Waals surface area (Å²) in [6.07, 6.45) is 6.71. The zero-order chi connectivity index (χ0) is 9.19. The standard InChI is InChI=1S/C10H15NO/c1-4-10(2,3)11-7-5-9(12)6-8-11/h1H,5-8H2,2-3H3. The third kappa shape index (κ3) is 1.86. The molecule has 1 rings (SSSR count). The van der Waals surface area contributed by atoms with E-state index in [1.54, 1.807) is 0 Å². The second kappa shape index (κ2) is 3.28. The summed E-state index contributed by atoms with van der Waals surface area (Å²) in [5.41, 5.74) is -0.194. The van der Waals surface area contributed by atoms with Gasteiger partial charge in [-0.05, 0) is 13.8 Å². The summed E-state index contributed by atoms with van der Waals surface area (Å²) < 4.78 is 0. The quantitative estimate of drug-likeness (QED) is 0.541. The summed E-state index contributed by atoms with van der Waals surface area (Å²) in [6, 6.07) is 0. The molecular formula is C10H15NO. The van der Waals surface area contributed by atoms with Crippen LogP contribution < -0.4 is 0 Å². The maximum absolute atomic E-state index is 10.9. The Morgan fingerprint density at radius 1 is 1.42 bits per heavy atom. The SMILES string of the molecule is C#CC(C)(C)N1CCC(=O)CC1. The van der Waals surface area contributed by atoms with Gasteiger partial charge in [-0.3, -0.25) is 9.69 Å². The molecule has 1 heterocycles. The van der Waals surface area contributed by atoms with Crippen molar-refractivity contribution in [2.45, 2.75) is 32.2 Å². The first kappa shape index (κ1) is 9.28. The number of nitrogens with zero attached hydrogens (tertiary/aromatic N) is 1. The number of carbonyl (C=O) groups excluding carboxylic acids is 1. The Hall–Kier alpha value is -0.810. The minimum Gasteiger partial charge on any atom is -0.300 e. The molecule has 0 amide bonds. The average Bonchev–Trinajstić information content (AvgIpc) is 2.05. The average molecular weight is 165 g/mol. The lowest BCUT2D eigenvalue weighted by molar-refractivity contribution is -0.122. The van der Waals surface area contributed by atoms with Crippen LogP contribution in [-0.2, 0) is 4.79 Å². The van der Waals surface area contributed by atoms with Crippen LogP contribution in [0.25, 0.3) is 0 Å². The molecule has 1 aliphatic heterocycles. The predicted molar refractivity (Wildman–Crippen MR) is 48.7 cm³/mol. The molecule has 0 aromatic carbocycles. The maximum Gasteiger partial charge on any atom is 0.135 e. The third-order valence-electron chi connectivity index (χ3n) is 2.46. The van der Waals surface area contributed by atoms with E-state index in [1.165, 1.54) is 0 Å². The van der Waals surface area contributed by atoms with Gasteiger partial charge >= 0.3 is 0 Å². The van der Waals surface area contributed by atoms with E-state index in [1.807, 2.05) is 13.8 Å². The Bertz CT molecular complexity index is 214. The fourth-order valence-corrected chi connectivity index (χ4v) is 1.41. The smallest absolute Gasteiger partial charge is 0.135 e. The zero-order valence-electron chi connectivity index (χ0n) is 7.76. The van der Waals surface area contributed by atoms with E-state index in [0.29, 0.717) is 18.6 Å². The molecule has 1 fully saturated rings. The van der Waals surface area contributed by atoms with Crippen LogP contribution >= 0.6 is 0 Å². The number of hydrogen-bond donors (Lipinski definition) is 0. The number of piperidine rings is 1. The van der Waals surface area contributed by atoms with Gasteiger partial charge in [-0.25, -0.2) is 0 Å². The Kier molecular flexibility index (Phi) is 2.54. The van der Waals surface area contributed by atoms with Gasteiger partial charge in [0.05, 0.1) is 5.54 Å². The van der Waals surface area contributed by atoms with E-state index in [2.05, 4.69) is 10.8 Å². The molecule has 0 unspecified atom stereocenters. The van der Waals surface area contributed by atoms with Crippen molar-refractivity contribution in [3.8, 4) is 12.3 Å². The highest BCUT2D eigenvalue weighted by molar-refractivity contribution is 5.79. The van der Waals surface area contributed by atoms with Crippen LogP contribution in [0.3, 0.4) is 0 Å². The number of ketones is 1. The Labute approximate surface area is 73.9 Å². The molecule has 0 spiro atoms. The summed E-state index contributed by atoms with van der Waals surface area (Å²) in [7, 11) is 0. The molecule has 0 saturated carbocycles. The van der Waals surface area contributed by atoms with Crippen molar-refractivity contribution < 1.29 is 4.79 Å². The Balaban J connectivity index is 2.56. The molecular weight excluding hydrogens is 150 g/mol. The highest BCUT2D eigenvalue weighted by Crippen LogP contribution is 2.17. The number of rotatable bonds is 1. The van der Waals surface area contributed by atoms with Gasteiger partial charge in [0.15, 0.2) is 0 Å². The van der Waals surface area contributed by atoms with Crippen LogP contribution in [0.5, 0.6) is 0 Å². The maximum atomic E-state index is 10.9. The molecule has 1 saturated heterocycles. The Morgan fingerprint density at radius 2 is 1.92 bits per heavy atom. The van der Waals surface area contributed by atoms with Crippen molar-refractivity contribution in [2.24, 2.45) is 0 Å². The first-order valence-electron chi connectivity index (χ1n) is 4.31. The van der Waals surface area contributed by atoms with Gasteiger partial charge in [0.25, 0.3) is 0 Å². The molecule has 2 heteroatoms. The fraction of sp³-hybridized carbons (Fsp3) is 0.700. The van der Waals surface area contributed by atoms with Crippen LogP contribution in [0.15, 0.2) is 0 Å². The van der Waals surface area contributed by atoms with E-state index >= 15 is 0 Å². The third-order valence-corrected chi connectivity index (χ3v) is 2.46. The van der Waals surface area contributed by atoms with Crippen LogP contribution in [-0.4, -0.2) is 29.3 Å². The molecule has 0 N–H and O–H groups in total. The van der Waals surface area contributed by atoms with Crippen LogP contribution in [0.2, 0.25) is 0 Å². The lowest BCUT2D eigenvalue weighted by Crippen LogP contribution is -2.47. The number of Topliss-reactive ketones (excluding diaryl/α,β-unsaturated/α-hetero) is 1. The van der Waals surface area contributed by atoms with Crippen LogP contribution in [0.1, 0.15) is 26.7 Å². The van der Waals surface area contributed by atoms with E-state index in [-0.39, 0.29) is 5.54 Å². The van der Waals surface area contributed by atoms with Crippen molar-refractivity contribution in [2.75, 3.05) is 13.1 Å². The van der Waals surface area contributed by atoms with Gasteiger partial charge in [-0.1, -0.05) is 5.92 Å². The summed E-state index contributed by atoms with van der Waals surface area (Å²) in [5.74, 6) is 3.10. The normalized spacial score (nSPS) is 20.6. The monoisotopic (exact) mass is 165 g/mol. The first-order valence-corrected chi connectivity index (χ1v) is 4.31. The molecule has 0 atom stereocenters. The lowest BCUT2D eigenvalue weighted by Gasteiger charge is -2.36. The van der Waals surface area contributed by atoms with Gasteiger partial charge in [-0.15, -0.1) is 6.42 Å². The molecule has 0 aliphatic carbocycles. The highest BCUT2D eigenvalue weighted by Gasteiger charge is 2.27.